The third-order valence-corrected chi connectivity index (χ3v) is 2.97. The number of hydrogen-bond donors (Lipinski definition) is 1. The Kier molecular flexibility index (Phi) is 5.15. The number of aliphatic hydroxyl groups is 1. The van der Waals surface area contributed by atoms with E-state index in [-0.39, 0.29) is 0 Å². The highest BCUT2D eigenvalue weighted by atomic mass is 16.5. The summed E-state index contributed by atoms with van der Waals surface area (Å²) in [5.41, 5.74) is 1.19. The second-order valence-corrected chi connectivity index (χ2v) is 4.28. The molecule has 0 aliphatic heterocycles. The van der Waals surface area contributed by atoms with E-state index in [1.165, 1.54) is 16.3 Å². The van der Waals surface area contributed by atoms with Gasteiger partial charge >= 0.3 is 0 Å². The molecule has 0 heterocycles. The maximum atomic E-state index is 7.00. The summed E-state index contributed by atoms with van der Waals surface area (Å²) in [6.45, 7) is 0.610. The van der Waals surface area contributed by atoms with E-state index in [0.29, 0.717) is 6.61 Å². The molecular formula is C18H18O2. The lowest BCUT2D eigenvalue weighted by Crippen LogP contribution is -1.94. The fraction of sp³-hybridized carbons (Fsp3) is 0.111. The van der Waals surface area contributed by atoms with Crippen LogP contribution in [0.5, 0.6) is 5.75 Å². The molecule has 0 saturated carbocycles. The minimum atomic E-state index is 0.610. The van der Waals surface area contributed by atoms with Crippen molar-refractivity contribution in [2.75, 3.05) is 7.11 Å². The normalized spacial score (nSPS) is 9.70. The first kappa shape index (κ1) is 14.1. The van der Waals surface area contributed by atoms with Gasteiger partial charge in [-0.25, -0.2) is 0 Å². The molecular weight excluding hydrogens is 248 g/mol. The van der Waals surface area contributed by atoms with E-state index < -0.39 is 0 Å². The zero-order chi connectivity index (χ0) is 14.2. The van der Waals surface area contributed by atoms with Gasteiger partial charge in [0.1, 0.15) is 12.4 Å². The molecule has 0 unspecified atom stereocenters. The molecule has 2 nitrogen and oxygen atoms in total. The molecule has 1 N–H and O–H groups in total. The van der Waals surface area contributed by atoms with Gasteiger partial charge in [-0.2, -0.15) is 0 Å². The fourth-order valence-electron chi connectivity index (χ4n) is 2.00. The molecule has 0 radical (unpaired) electrons. The van der Waals surface area contributed by atoms with Crippen LogP contribution < -0.4 is 4.74 Å². The van der Waals surface area contributed by atoms with Crippen LogP contribution in [0.25, 0.3) is 10.8 Å². The molecule has 0 fully saturated rings. The van der Waals surface area contributed by atoms with Crippen molar-refractivity contribution < 1.29 is 9.84 Å². The zero-order valence-corrected chi connectivity index (χ0v) is 11.5. The van der Waals surface area contributed by atoms with Gasteiger partial charge in [0.25, 0.3) is 0 Å². The van der Waals surface area contributed by atoms with Gasteiger partial charge in [0.2, 0.25) is 0 Å². The van der Waals surface area contributed by atoms with Gasteiger partial charge < -0.3 is 9.84 Å². The van der Waals surface area contributed by atoms with Crippen LogP contribution in [0.2, 0.25) is 0 Å². The molecule has 0 aliphatic rings. The van der Waals surface area contributed by atoms with Gasteiger partial charge in [-0.3, -0.25) is 0 Å². The maximum Gasteiger partial charge on any atom is 0.120 e. The van der Waals surface area contributed by atoms with Crippen molar-refractivity contribution in [1.82, 2.24) is 0 Å². The highest BCUT2D eigenvalue weighted by molar-refractivity contribution is 5.83. The second-order valence-electron chi connectivity index (χ2n) is 4.28. The lowest BCUT2D eigenvalue weighted by molar-refractivity contribution is 0.306. The molecule has 0 spiro atoms. The van der Waals surface area contributed by atoms with Gasteiger partial charge in [-0.15, -0.1) is 0 Å². The van der Waals surface area contributed by atoms with E-state index >= 15 is 0 Å². The average molecular weight is 266 g/mol. The molecule has 0 aliphatic carbocycles. The number of hydrogen-bond acceptors (Lipinski definition) is 2. The van der Waals surface area contributed by atoms with Gasteiger partial charge in [-0.05, 0) is 28.5 Å². The van der Waals surface area contributed by atoms with Crippen LogP contribution in [-0.4, -0.2) is 12.2 Å². The molecule has 0 aromatic heterocycles. The SMILES string of the molecule is CO.c1ccc(COc2ccc3ccccc3c2)cc1. The minimum absolute atomic E-state index is 0.610. The van der Waals surface area contributed by atoms with Gasteiger partial charge in [0.15, 0.2) is 0 Å². The quantitative estimate of drug-likeness (QED) is 0.775. The Hall–Kier alpha value is -2.32. The Bertz CT molecular complexity index is 648. The van der Waals surface area contributed by atoms with Crippen molar-refractivity contribution in [2.24, 2.45) is 0 Å². The van der Waals surface area contributed by atoms with Crippen molar-refractivity contribution in [2.45, 2.75) is 6.61 Å². The number of aliphatic hydroxyl groups excluding tert-OH is 1. The summed E-state index contributed by atoms with van der Waals surface area (Å²) >= 11 is 0. The molecule has 0 atom stereocenters. The highest BCUT2D eigenvalue weighted by Gasteiger charge is 1.97. The molecule has 3 aromatic rings. The molecule has 3 aromatic carbocycles. The number of fused-ring (bicyclic) bond motifs is 1. The van der Waals surface area contributed by atoms with Crippen LogP contribution >= 0.6 is 0 Å². The topological polar surface area (TPSA) is 29.5 Å². The standard InChI is InChI=1S/C17H14O.CH4O/c1-2-6-14(7-3-1)13-18-17-11-10-15-8-4-5-9-16(15)12-17;1-2/h1-12H,13H2;2H,1H3. The molecule has 3 rings (SSSR count). The van der Waals surface area contributed by atoms with Crippen LogP contribution in [0.1, 0.15) is 5.56 Å². The first-order valence-corrected chi connectivity index (χ1v) is 6.52. The fourth-order valence-corrected chi connectivity index (χ4v) is 2.00. The summed E-state index contributed by atoms with van der Waals surface area (Å²) in [5.74, 6) is 0.914. The largest absolute Gasteiger partial charge is 0.489 e. The molecule has 0 saturated heterocycles. The molecule has 102 valence electrons. The molecule has 20 heavy (non-hydrogen) atoms. The Balaban J connectivity index is 0.000000704. The van der Waals surface area contributed by atoms with Gasteiger partial charge in [0.05, 0.1) is 0 Å². The third kappa shape index (κ3) is 3.59. The van der Waals surface area contributed by atoms with Crippen molar-refractivity contribution >= 4 is 10.8 Å². The molecule has 2 heteroatoms. The zero-order valence-electron chi connectivity index (χ0n) is 11.5. The summed E-state index contributed by atoms with van der Waals surface area (Å²) in [6.07, 6.45) is 0. The van der Waals surface area contributed by atoms with E-state index in [4.69, 9.17) is 9.84 Å². The Labute approximate surface area is 119 Å². The summed E-state index contributed by atoms with van der Waals surface area (Å²) in [6, 6.07) is 24.7. The Morgan fingerprint density at radius 1 is 0.750 bits per heavy atom. The highest BCUT2D eigenvalue weighted by Crippen LogP contribution is 2.21. The summed E-state index contributed by atoms with van der Waals surface area (Å²) < 4.78 is 5.80. The molecule has 0 amide bonds. The van der Waals surface area contributed by atoms with E-state index in [1.807, 2.05) is 36.4 Å². The van der Waals surface area contributed by atoms with Crippen LogP contribution in [0.4, 0.5) is 0 Å². The van der Waals surface area contributed by atoms with Crippen molar-refractivity contribution in [3.05, 3.63) is 78.4 Å². The van der Waals surface area contributed by atoms with Crippen molar-refractivity contribution in [1.29, 1.82) is 0 Å². The number of benzene rings is 3. The van der Waals surface area contributed by atoms with E-state index in [0.717, 1.165) is 12.9 Å². The average Bonchev–Trinajstić information content (AvgIpc) is 2.55. The predicted molar refractivity (Wildman–Crippen MR) is 82.9 cm³/mol. The van der Waals surface area contributed by atoms with Gasteiger partial charge in [-0.1, -0.05) is 60.7 Å². The Morgan fingerprint density at radius 3 is 2.15 bits per heavy atom. The maximum absolute atomic E-state index is 7.00. The minimum Gasteiger partial charge on any atom is -0.489 e. The monoisotopic (exact) mass is 266 g/mol. The van der Waals surface area contributed by atoms with E-state index in [9.17, 15) is 0 Å². The molecule has 0 bridgehead atoms. The van der Waals surface area contributed by atoms with Crippen LogP contribution in [0.15, 0.2) is 72.8 Å². The predicted octanol–water partition coefficient (Wildman–Crippen LogP) is 4.03. The summed E-state index contributed by atoms with van der Waals surface area (Å²) in [7, 11) is 1.00. The van der Waals surface area contributed by atoms with Crippen LogP contribution in [-0.2, 0) is 6.61 Å². The second kappa shape index (κ2) is 7.31. The number of ether oxygens (including phenoxy) is 1. The van der Waals surface area contributed by atoms with Crippen molar-refractivity contribution in [3.8, 4) is 5.75 Å². The smallest absolute Gasteiger partial charge is 0.120 e. The van der Waals surface area contributed by atoms with Gasteiger partial charge in [0, 0.05) is 7.11 Å². The Morgan fingerprint density at radius 2 is 1.40 bits per heavy atom. The first-order valence-electron chi connectivity index (χ1n) is 6.52. The van der Waals surface area contributed by atoms with Crippen LogP contribution in [0.3, 0.4) is 0 Å². The van der Waals surface area contributed by atoms with E-state index in [1.54, 1.807) is 0 Å². The lowest BCUT2D eigenvalue weighted by Gasteiger charge is -2.07. The number of rotatable bonds is 3. The summed E-state index contributed by atoms with van der Waals surface area (Å²) in [4.78, 5) is 0. The lowest BCUT2D eigenvalue weighted by atomic mass is 10.1. The van der Waals surface area contributed by atoms with Crippen molar-refractivity contribution in [3.63, 3.8) is 0 Å². The first-order chi connectivity index (χ1) is 9.92. The summed E-state index contributed by atoms with van der Waals surface area (Å²) in [5, 5.41) is 9.45. The van der Waals surface area contributed by atoms with Crippen LogP contribution in [0, 0.1) is 0 Å². The van der Waals surface area contributed by atoms with E-state index in [2.05, 4.69) is 36.4 Å². The third-order valence-electron chi connectivity index (χ3n) is 2.97.